The van der Waals surface area contributed by atoms with Gasteiger partial charge in [0.1, 0.15) is 0 Å². The van der Waals surface area contributed by atoms with Gasteiger partial charge in [-0.1, -0.05) is 20.8 Å². The van der Waals surface area contributed by atoms with Gasteiger partial charge in [-0.2, -0.15) is 0 Å². The molecule has 0 amide bonds. The first-order valence-electron chi connectivity index (χ1n) is 8.06. The quantitative estimate of drug-likeness (QED) is 0.862. The zero-order valence-electron chi connectivity index (χ0n) is 13.4. The van der Waals surface area contributed by atoms with Gasteiger partial charge in [0.05, 0.1) is 11.3 Å². The zero-order chi connectivity index (χ0) is 14.6. The molecule has 2 heterocycles. The van der Waals surface area contributed by atoms with Gasteiger partial charge in [-0.05, 0) is 39.0 Å². The molecule has 0 aromatic carbocycles. The molecule has 1 unspecified atom stereocenters. The maximum atomic E-state index is 6.05. The standard InChI is InChI=1S/C16H29N3O/c1-5-9-19-12-13(4)17-15(19)18-14-8-10-20-16(6-2,7-3)11-14/h12,14H,5-11H2,1-4H3,(H,17,18). The van der Waals surface area contributed by atoms with Crippen molar-refractivity contribution in [1.29, 1.82) is 0 Å². The van der Waals surface area contributed by atoms with Gasteiger partial charge in [-0.15, -0.1) is 0 Å². The van der Waals surface area contributed by atoms with Crippen LogP contribution in [0.1, 0.15) is 58.6 Å². The Hall–Kier alpha value is -1.03. The number of aromatic nitrogens is 2. The maximum absolute atomic E-state index is 6.05. The summed E-state index contributed by atoms with van der Waals surface area (Å²) in [5.74, 6) is 1.03. The van der Waals surface area contributed by atoms with Gasteiger partial charge in [0.15, 0.2) is 0 Å². The summed E-state index contributed by atoms with van der Waals surface area (Å²) in [5, 5.41) is 3.65. The van der Waals surface area contributed by atoms with Crippen LogP contribution in [0.25, 0.3) is 0 Å². The number of rotatable bonds is 6. The van der Waals surface area contributed by atoms with E-state index >= 15 is 0 Å². The highest BCUT2D eigenvalue weighted by Gasteiger charge is 2.34. The molecular weight excluding hydrogens is 250 g/mol. The van der Waals surface area contributed by atoms with Crippen molar-refractivity contribution in [3.05, 3.63) is 11.9 Å². The van der Waals surface area contributed by atoms with Crippen molar-refractivity contribution in [2.24, 2.45) is 0 Å². The van der Waals surface area contributed by atoms with E-state index in [1.165, 1.54) is 0 Å². The largest absolute Gasteiger partial charge is 0.375 e. The van der Waals surface area contributed by atoms with Crippen LogP contribution in [0.2, 0.25) is 0 Å². The van der Waals surface area contributed by atoms with Gasteiger partial charge in [0, 0.05) is 25.4 Å². The van der Waals surface area contributed by atoms with E-state index < -0.39 is 0 Å². The van der Waals surface area contributed by atoms with Crippen molar-refractivity contribution in [2.45, 2.75) is 78.0 Å². The fourth-order valence-corrected chi connectivity index (χ4v) is 3.15. The molecule has 1 N–H and O–H groups in total. The predicted octanol–water partition coefficient (Wildman–Crippen LogP) is 3.75. The smallest absolute Gasteiger partial charge is 0.203 e. The first-order chi connectivity index (χ1) is 9.62. The molecule has 1 saturated heterocycles. The molecule has 4 heteroatoms. The molecule has 1 aliphatic heterocycles. The summed E-state index contributed by atoms with van der Waals surface area (Å²) in [6.45, 7) is 10.6. The molecule has 4 nitrogen and oxygen atoms in total. The lowest BCUT2D eigenvalue weighted by atomic mass is 9.86. The average Bonchev–Trinajstić information content (AvgIpc) is 2.79. The highest BCUT2D eigenvalue weighted by Crippen LogP contribution is 2.32. The Morgan fingerprint density at radius 1 is 1.40 bits per heavy atom. The van der Waals surface area contributed by atoms with E-state index in [1.807, 2.05) is 0 Å². The molecule has 1 atom stereocenters. The predicted molar refractivity (Wildman–Crippen MR) is 83.2 cm³/mol. The third kappa shape index (κ3) is 3.35. The Morgan fingerprint density at radius 2 is 2.15 bits per heavy atom. The van der Waals surface area contributed by atoms with Crippen LogP contribution in [0.4, 0.5) is 5.95 Å². The number of nitrogens with zero attached hydrogens (tertiary/aromatic N) is 2. The van der Waals surface area contributed by atoms with E-state index in [-0.39, 0.29) is 5.60 Å². The topological polar surface area (TPSA) is 39.1 Å². The maximum Gasteiger partial charge on any atom is 0.203 e. The highest BCUT2D eigenvalue weighted by molar-refractivity contribution is 5.30. The highest BCUT2D eigenvalue weighted by atomic mass is 16.5. The Labute approximate surface area is 122 Å². The van der Waals surface area contributed by atoms with Crippen LogP contribution in [0.5, 0.6) is 0 Å². The van der Waals surface area contributed by atoms with E-state index in [4.69, 9.17) is 4.74 Å². The fraction of sp³-hybridized carbons (Fsp3) is 0.812. The molecule has 1 aromatic heterocycles. The zero-order valence-corrected chi connectivity index (χ0v) is 13.4. The second-order valence-electron chi connectivity index (χ2n) is 5.97. The minimum atomic E-state index is 0.0626. The van der Waals surface area contributed by atoms with Crippen LogP contribution in [0, 0.1) is 6.92 Å². The molecule has 114 valence electrons. The number of aryl methyl sites for hydroxylation is 2. The van der Waals surface area contributed by atoms with Crippen molar-refractivity contribution in [1.82, 2.24) is 9.55 Å². The molecule has 0 bridgehead atoms. The molecule has 1 aliphatic rings. The van der Waals surface area contributed by atoms with Crippen molar-refractivity contribution in [3.63, 3.8) is 0 Å². The number of anilines is 1. The van der Waals surface area contributed by atoms with E-state index in [0.717, 1.165) is 56.9 Å². The molecule has 0 aliphatic carbocycles. The summed E-state index contributed by atoms with van der Waals surface area (Å²) in [7, 11) is 0. The minimum Gasteiger partial charge on any atom is -0.375 e. The molecular formula is C16H29N3O. The van der Waals surface area contributed by atoms with Crippen LogP contribution in [-0.4, -0.2) is 27.8 Å². The summed E-state index contributed by atoms with van der Waals surface area (Å²) in [6, 6.07) is 0.473. The van der Waals surface area contributed by atoms with Gasteiger partial charge < -0.3 is 14.6 Å². The Bertz CT molecular complexity index is 423. The third-order valence-electron chi connectivity index (χ3n) is 4.48. The van der Waals surface area contributed by atoms with Gasteiger partial charge in [-0.25, -0.2) is 4.98 Å². The monoisotopic (exact) mass is 279 g/mol. The first kappa shape index (κ1) is 15.4. The van der Waals surface area contributed by atoms with Crippen LogP contribution in [0.15, 0.2) is 6.20 Å². The normalized spacial score (nSPS) is 21.9. The van der Waals surface area contributed by atoms with Crippen molar-refractivity contribution < 1.29 is 4.74 Å². The van der Waals surface area contributed by atoms with Gasteiger partial charge in [-0.3, -0.25) is 0 Å². The minimum absolute atomic E-state index is 0.0626. The second-order valence-corrected chi connectivity index (χ2v) is 5.97. The van der Waals surface area contributed by atoms with Crippen LogP contribution >= 0.6 is 0 Å². The molecule has 0 radical (unpaired) electrons. The Kier molecular flexibility index (Phi) is 5.08. The molecule has 0 spiro atoms. The molecule has 2 rings (SSSR count). The molecule has 1 fully saturated rings. The van der Waals surface area contributed by atoms with Crippen molar-refractivity contribution in [2.75, 3.05) is 11.9 Å². The number of hydrogen-bond donors (Lipinski definition) is 1. The molecule has 0 saturated carbocycles. The average molecular weight is 279 g/mol. The van der Waals surface area contributed by atoms with Crippen molar-refractivity contribution >= 4 is 5.95 Å². The van der Waals surface area contributed by atoms with E-state index in [1.54, 1.807) is 0 Å². The second kappa shape index (κ2) is 6.61. The SMILES string of the molecule is CCCn1cc(C)nc1NC1CCOC(CC)(CC)C1. The van der Waals surface area contributed by atoms with Crippen molar-refractivity contribution in [3.8, 4) is 0 Å². The van der Waals surface area contributed by atoms with Crippen LogP contribution in [-0.2, 0) is 11.3 Å². The number of nitrogens with one attached hydrogen (secondary N) is 1. The Balaban J connectivity index is 2.06. The Morgan fingerprint density at radius 3 is 2.80 bits per heavy atom. The van der Waals surface area contributed by atoms with E-state index in [2.05, 4.69) is 48.8 Å². The van der Waals surface area contributed by atoms with Crippen LogP contribution in [0.3, 0.4) is 0 Å². The number of hydrogen-bond acceptors (Lipinski definition) is 3. The van der Waals surface area contributed by atoms with Gasteiger partial charge in [0.25, 0.3) is 0 Å². The lowest BCUT2D eigenvalue weighted by molar-refractivity contribution is -0.0865. The lowest BCUT2D eigenvalue weighted by Crippen LogP contribution is -2.44. The summed E-state index contributed by atoms with van der Waals surface area (Å²) in [6.07, 6.45) is 7.59. The lowest BCUT2D eigenvalue weighted by Gasteiger charge is -2.40. The number of imidazole rings is 1. The van der Waals surface area contributed by atoms with Gasteiger partial charge in [0.2, 0.25) is 5.95 Å². The van der Waals surface area contributed by atoms with E-state index in [9.17, 15) is 0 Å². The molecule has 1 aromatic rings. The first-order valence-corrected chi connectivity index (χ1v) is 8.06. The summed E-state index contributed by atoms with van der Waals surface area (Å²) >= 11 is 0. The van der Waals surface area contributed by atoms with E-state index in [0.29, 0.717) is 6.04 Å². The molecule has 20 heavy (non-hydrogen) atoms. The summed E-state index contributed by atoms with van der Waals surface area (Å²) < 4.78 is 8.29. The van der Waals surface area contributed by atoms with Gasteiger partial charge >= 0.3 is 0 Å². The number of ether oxygens (including phenoxy) is 1. The third-order valence-corrected chi connectivity index (χ3v) is 4.48. The summed E-state index contributed by atoms with van der Waals surface area (Å²) in [5.41, 5.74) is 1.15. The van der Waals surface area contributed by atoms with Crippen LogP contribution < -0.4 is 5.32 Å². The fourth-order valence-electron chi connectivity index (χ4n) is 3.15. The summed E-state index contributed by atoms with van der Waals surface area (Å²) in [4.78, 5) is 4.63.